The van der Waals surface area contributed by atoms with Crippen LogP contribution < -0.4 is 0 Å². The van der Waals surface area contributed by atoms with Gasteiger partial charge in [0.15, 0.2) is 9.84 Å². The lowest BCUT2D eigenvalue weighted by atomic mass is 10.2. The van der Waals surface area contributed by atoms with E-state index in [1.807, 2.05) is 0 Å². The van der Waals surface area contributed by atoms with Crippen molar-refractivity contribution in [2.75, 3.05) is 6.26 Å². The van der Waals surface area contributed by atoms with Crippen LogP contribution >= 0.6 is 15.9 Å². The van der Waals surface area contributed by atoms with E-state index in [2.05, 4.69) is 15.9 Å². The van der Waals surface area contributed by atoms with Crippen LogP contribution in [0.1, 0.15) is 5.56 Å². The van der Waals surface area contributed by atoms with Crippen LogP contribution in [0.3, 0.4) is 0 Å². The zero-order chi connectivity index (χ0) is 10.9. The minimum absolute atomic E-state index is 0.241. The van der Waals surface area contributed by atoms with E-state index in [9.17, 15) is 17.2 Å². The third kappa shape index (κ3) is 3.02. The summed E-state index contributed by atoms with van der Waals surface area (Å²) in [5, 5.41) is 0. The summed E-state index contributed by atoms with van der Waals surface area (Å²) in [6, 6.07) is 2.06. The van der Waals surface area contributed by atoms with Crippen molar-refractivity contribution in [3.05, 3.63) is 33.8 Å². The summed E-state index contributed by atoms with van der Waals surface area (Å²) in [6.07, 6.45) is 0.925. The molecule has 6 heteroatoms. The van der Waals surface area contributed by atoms with Crippen LogP contribution in [-0.2, 0) is 15.6 Å². The van der Waals surface area contributed by atoms with Gasteiger partial charge in [0.2, 0.25) is 0 Å². The monoisotopic (exact) mass is 284 g/mol. The van der Waals surface area contributed by atoms with Crippen molar-refractivity contribution >= 4 is 25.8 Å². The van der Waals surface area contributed by atoms with Crippen LogP contribution in [-0.4, -0.2) is 14.7 Å². The minimum atomic E-state index is -3.43. The highest BCUT2D eigenvalue weighted by Crippen LogP contribution is 2.20. The second kappa shape index (κ2) is 3.94. The van der Waals surface area contributed by atoms with Gasteiger partial charge in [0.25, 0.3) is 0 Å². The van der Waals surface area contributed by atoms with E-state index in [4.69, 9.17) is 0 Å². The number of rotatable bonds is 2. The molecule has 0 saturated heterocycles. The highest BCUT2D eigenvalue weighted by molar-refractivity contribution is 9.10. The first-order valence-electron chi connectivity index (χ1n) is 3.61. The van der Waals surface area contributed by atoms with E-state index < -0.39 is 32.8 Å². The molecule has 0 unspecified atom stereocenters. The maximum absolute atomic E-state index is 13.1. The average molecular weight is 285 g/mol. The first kappa shape index (κ1) is 11.6. The Hall–Kier alpha value is -0.490. The molecular formula is C8H7BrF2O2S. The summed E-state index contributed by atoms with van der Waals surface area (Å²) in [5.41, 5.74) is -0.421. The summed E-state index contributed by atoms with van der Waals surface area (Å²) in [5.74, 6) is -2.35. The quantitative estimate of drug-likeness (QED) is 0.835. The molecule has 78 valence electrons. The first-order chi connectivity index (χ1) is 6.29. The van der Waals surface area contributed by atoms with Crippen molar-refractivity contribution in [2.24, 2.45) is 0 Å². The molecule has 14 heavy (non-hydrogen) atoms. The zero-order valence-electron chi connectivity index (χ0n) is 7.22. The normalized spacial score (nSPS) is 11.7. The highest BCUT2D eigenvalue weighted by Gasteiger charge is 2.15. The Morgan fingerprint density at radius 3 is 2.07 bits per heavy atom. The molecule has 1 aromatic carbocycles. The number of halogens is 3. The molecule has 0 atom stereocenters. The molecule has 0 aliphatic rings. The van der Waals surface area contributed by atoms with Crippen molar-refractivity contribution in [3.8, 4) is 0 Å². The third-order valence-corrected chi connectivity index (χ3v) is 2.78. The molecule has 0 radical (unpaired) electrons. The fourth-order valence-corrected chi connectivity index (χ4v) is 2.17. The Morgan fingerprint density at radius 1 is 1.29 bits per heavy atom. The molecule has 0 N–H and O–H groups in total. The number of hydrogen-bond acceptors (Lipinski definition) is 2. The Labute approximate surface area is 89.0 Å². The van der Waals surface area contributed by atoms with Gasteiger partial charge >= 0.3 is 0 Å². The van der Waals surface area contributed by atoms with Crippen molar-refractivity contribution < 1.29 is 17.2 Å². The van der Waals surface area contributed by atoms with Crippen molar-refractivity contribution in [1.29, 1.82) is 0 Å². The van der Waals surface area contributed by atoms with Gasteiger partial charge in [0.1, 0.15) is 11.6 Å². The van der Waals surface area contributed by atoms with Crippen molar-refractivity contribution in [2.45, 2.75) is 5.75 Å². The van der Waals surface area contributed by atoms with Gasteiger partial charge in [-0.1, -0.05) is 15.9 Å². The van der Waals surface area contributed by atoms with Gasteiger partial charge < -0.3 is 0 Å². The molecule has 0 amide bonds. The van der Waals surface area contributed by atoms with Crippen LogP contribution in [0, 0.1) is 11.6 Å². The lowest BCUT2D eigenvalue weighted by Crippen LogP contribution is -2.05. The zero-order valence-corrected chi connectivity index (χ0v) is 9.62. The average Bonchev–Trinajstić information content (AvgIpc) is 1.95. The predicted molar refractivity (Wildman–Crippen MR) is 52.6 cm³/mol. The lowest BCUT2D eigenvalue weighted by Gasteiger charge is -2.03. The predicted octanol–water partition coefficient (Wildman–Crippen LogP) is 2.27. The SMILES string of the molecule is CS(=O)(=O)Cc1c(F)cc(Br)cc1F. The maximum Gasteiger partial charge on any atom is 0.151 e. The van der Waals surface area contributed by atoms with Crippen molar-refractivity contribution in [3.63, 3.8) is 0 Å². The van der Waals surface area contributed by atoms with Gasteiger partial charge in [-0.05, 0) is 12.1 Å². The van der Waals surface area contributed by atoms with Gasteiger partial charge in [-0.25, -0.2) is 17.2 Å². The molecule has 2 nitrogen and oxygen atoms in total. The maximum atomic E-state index is 13.1. The van der Waals surface area contributed by atoms with E-state index in [0.717, 1.165) is 18.4 Å². The topological polar surface area (TPSA) is 34.1 Å². The fraction of sp³-hybridized carbons (Fsp3) is 0.250. The van der Waals surface area contributed by atoms with Crippen LogP contribution in [0.25, 0.3) is 0 Å². The number of sulfone groups is 1. The van der Waals surface area contributed by atoms with Gasteiger partial charge in [0, 0.05) is 16.3 Å². The largest absolute Gasteiger partial charge is 0.229 e. The fourth-order valence-electron chi connectivity index (χ4n) is 0.972. The molecule has 0 fully saturated rings. The second-order valence-corrected chi connectivity index (χ2v) is 5.97. The summed E-state index contributed by atoms with van der Waals surface area (Å²) < 4.78 is 48.1. The summed E-state index contributed by atoms with van der Waals surface area (Å²) in [6.45, 7) is 0. The molecule has 0 aliphatic heterocycles. The molecule has 0 heterocycles. The highest BCUT2D eigenvalue weighted by atomic mass is 79.9. The van der Waals surface area contributed by atoms with Crippen molar-refractivity contribution in [1.82, 2.24) is 0 Å². The Morgan fingerprint density at radius 2 is 1.71 bits per heavy atom. The van der Waals surface area contributed by atoms with Crippen LogP contribution in [0.15, 0.2) is 16.6 Å². The van der Waals surface area contributed by atoms with Gasteiger partial charge in [-0.2, -0.15) is 0 Å². The number of hydrogen-bond donors (Lipinski definition) is 0. The second-order valence-electron chi connectivity index (χ2n) is 2.92. The molecular weight excluding hydrogens is 278 g/mol. The Bertz CT molecular complexity index is 433. The van der Waals surface area contributed by atoms with Crippen LogP contribution in [0.5, 0.6) is 0 Å². The molecule has 0 bridgehead atoms. The molecule has 0 aliphatic carbocycles. The standard InChI is InChI=1S/C8H7BrF2O2S/c1-14(12,13)4-6-7(10)2-5(9)3-8(6)11/h2-3H,4H2,1H3. The van der Waals surface area contributed by atoms with Crippen LogP contribution in [0.4, 0.5) is 8.78 Å². The summed E-state index contributed by atoms with van der Waals surface area (Å²) in [4.78, 5) is 0. The molecule has 0 spiro atoms. The van der Waals surface area contributed by atoms with E-state index in [-0.39, 0.29) is 4.47 Å². The molecule has 0 aromatic heterocycles. The Balaban J connectivity index is 3.22. The van der Waals surface area contributed by atoms with E-state index in [1.165, 1.54) is 0 Å². The van der Waals surface area contributed by atoms with E-state index in [1.54, 1.807) is 0 Å². The van der Waals surface area contributed by atoms with Gasteiger partial charge in [0.05, 0.1) is 5.75 Å². The van der Waals surface area contributed by atoms with Gasteiger partial charge in [-0.3, -0.25) is 0 Å². The first-order valence-corrected chi connectivity index (χ1v) is 6.46. The molecule has 1 aromatic rings. The lowest BCUT2D eigenvalue weighted by molar-refractivity contribution is 0.556. The van der Waals surface area contributed by atoms with E-state index in [0.29, 0.717) is 0 Å². The van der Waals surface area contributed by atoms with Crippen LogP contribution in [0.2, 0.25) is 0 Å². The van der Waals surface area contributed by atoms with E-state index >= 15 is 0 Å². The Kier molecular flexibility index (Phi) is 3.26. The number of benzene rings is 1. The minimum Gasteiger partial charge on any atom is -0.229 e. The smallest absolute Gasteiger partial charge is 0.151 e. The summed E-state index contributed by atoms with van der Waals surface area (Å²) in [7, 11) is -3.43. The third-order valence-electron chi connectivity index (χ3n) is 1.51. The van der Waals surface area contributed by atoms with Gasteiger partial charge in [-0.15, -0.1) is 0 Å². The molecule has 0 saturated carbocycles. The summed E-state index contributed by atoms with van der Waals surface area (Å²) >= 11 is 2.90. The molecule has 1 rings (SSSR count).